The molecular formula is C12H13FN2O3. The van der Waals surface area contributed by atoms with Gasteiger partial charge >= 0.3 is 0 Å². The molecule has 0 aliphatic carbocycles. The summed E-state index contributed by atoms with van der Waals surface area (Å²) >= 11 is 0. The van der Waals surface area contributed by atoms with Crippen molar-refractivity contribution < 1.29 is 18.8 Å². The Labute approximate surface area is 103 Å². The first kappa shape index (κ1) is 12.2. The molecule has 0 unspecified atom stereocenters. The third-order valence-electron chi connectivity index (χ3n) is 2.90. The lowest BCUT2D eigenvalue weighted by Crippen LogP contribution is -1.99. The maximum Gasteiger partial charge on any atom is 0.230 e. The van der Waals surface area contributed by atoms with E-state index in [-0.39, 0.29) is 34.1 Å². The molecule has 96 valence electrons. The summed E-state index contributed by atoms with van der Waals surface area (Å²) in [6.45, 7) is 3.07. The highest BCUT2D eigenvalue weighted by Crippen LogP contribution is 2.45. The van der Waals surface area contributed by atoms with Crippen LogP contribution in [0.25, 0.3) is 11.1 Å². The summed E-state index contributed by atoms with van der Waals surface area (Å²) in [4.78, 5) is 0. The Hall–Kier alpha value is -2.24. The zero-order valence-electron chi connectivity index (χ0n) is 10.2. The minimum absolute atomic E-state index is 0.0127. The van der Waals surface area contributed by atoms with Crippen molar-refractivity contribution in [2.75, 3.05) is 12.8 Å². The number of nitrogen functional groups attached to an aromatic ring is 1. The van der Waals surface area contributed by atoms with Crippen molar-refractivity contribution in [2.45, 2.75) is 13.8 Å². The van der Waals surface area contributed by atoms with Gasteiger partial charge in [0.1, 0.15) is 5.82 Å². The molecule has 5 nitrogen and oxygen atoms in total. The lowest BCUT2D eigenvalue weighted by molar-refractivity contribution is 0.367. The smallest absolute Gasteiger partial charge is 0.230 e. The summed E-state index contributed by atoms with van der Waals surface area (Å²) in [6.07, 6.45) is 1.32. The Bertz CT molecular complexity index is 608. The number of nitrogens with zero attached hydrogens (tertiary/aromatic N) is 1. The molecule has 2 rings (SSSR count). The average molecular weight is 252 g/mol. The van der Waals surface area contributed by atoms with Crippen LogP contribution in [-0.4, -0.2) is 17.4 Å². The van der Waals surface area contributed by atoms with E-state index in [9.17, 15) is 9.50 Å². The van der Waals surface area contributed by atoms with Crippen LogP contribution in [0, 0.1) is 19.7 Å². The van der Waals surface area contributed by atoms with Crippen molar-refractivity contribution in [3.63, 3.8) is 0 Å². The van der Waals surface area contributed by atoms with Gasteiger partial charge in [-0.3, -0.25) is 0 Å². The lowest BCUT2D eigenvalue weighted by Gasteiger charge is -2.15. The summed E-state index contributed by atoms with van der Waals surface area (Å²) in [7, 11) is 1.36. The third-order valence-corrected chi connectivity index (χ3v) is 2.90. The monoisotopic (exact) mass is 252 g/mol. The molecule has 1 aromatic carbocycles. The largest absolute Gasteiger partial charge is 0.504 e. The second kappa shape index (κ2) is 4.21. The standard InChI is InChI=1S/C12H13FN2O3/c1-5-8(7-4-15-18-12(7)14)10(16)11(17-3)6(2)9(5)13/h4,16H,14H2,1-3H3. The van der Waals surface area contributed by atoms with Gasteiger partial charge in [-0.15, -0.1) is 0 Å². The number of phenols is 1. The van der Waals surface area contributed by atoms with Crippen molar-refractivity contribution in [1.29, 1.82) is 0 Å². The zero-order valence-corrected chi connectivity index (χ0v) is 10.2. The molecule has 0 spiro atoms. The van der Waals surface area contributed by atoms with Crippen molar-refractivity contribution in [3.05, 3.63) is 23.1 Å². The van der Waals surface area contributed by atoms with Gasteiger partial charge in [0.25, 0.3) is 0 Å². The van der Waals surface area contributed by atoms with Crippen LogP contribution in [0.5, 0.6) is 11.5 Å². The number of hydrogen-bond acceptors (Lipinski definition) is 5. The highest BCUT2D eigenvalue weighted by molar-refractivity contribution is 5.82. The van der Waals surface area contributed by atoms with E-state index in [0.717, 1.165) is 0 Å². The minimum Gasteiger partial charge on any atom is -0.504 e. The Morgan fingerprint density at radius 2 is 2.06 bits per heavy atom. The van der Waals surface area contributed by atoms with Gasteiger partial charge in [0.05, 0.1) is 18.9 Å². The van der Waals surface area contributed by atoms with Crippen LogP contribution < -0.4 is 10.5 Å². The number of anilines is 1. The first-order chi connectivity index (χ1) is 8.49. The number of hydrogen-bond donors (Lipinski definition) is 2. The predicted octanol–water partition coefficient (Wildman–Crippen LogP) is 2.39. The average Bonchev–Trinajstić information content (AvgIpc) is 2.74. The van der Waals surface area contributed by atoms with Crippen molar-refractivity contribution >= 4 is 5.88 Å². The fraction of sp³-hybridized carbons (Fsp3) is 0.250. The maximum absolute atomic E-state index is 14.1. The summed E-state index contributed by atoms with van der Waals surface area (Å²) in [6, 6.07) is 0. The van der Waals surface area contributed by atoms with Crippen molar-refractivity contribution in [1.82, 2.24) is 5.16 Å². The number of rotatable bonds is 2. The first-order valence-corrected chi connectivity index (χ1v) is 5.25. The topological polar surface area (TPSA) is 81.5 Å². The molecular weight excluding hydrogens is 239 g/mol. The Morgan fingerprint density at radius 1 is 1.39 bits per heavy atom. The molecule has 0 radical (unpaired) electrons. The summed E-state index contributed by atoms with van der Waals surface area (Å²) < 4.78 is 23.8. The fourth-order valence-electron chi connectivity index (χ4n) is 1.98. The summed E-state index contributed by atoms with van der Waals surface area (Å²) in [5, 5.41) is 13.7. The van der Waals surface area contributed by atoms with Crippen molar-refractivity contribution in [2.24, 2.45) is 0 Å². The van der Waals surface area contributed by atoms with Crippen LogP contribution in [0.4, 0.5) is 10.3 Å². The number of halogens is 1. The van der Waals surface area contributed by atoms with Crippen LogP contribution >= 0.6 is 0 Å². The number of phenolic OH excluding ortho intramolecular Hbond substituents is 1. The van der Waals surface area contributed by atoms with Gasteiger partial charge in [-0.2, -0.15) is 0 Å². The van der Waals surface area contributed by atoms with Gasteiger partial charge in [-0.25, -0.2) is 4.39 Å². The molecule has 0 fully saturated rings. The van der Waals surface area contributed by atoms with E-state index in [2.05, 4.69) is 5.16 Å². The quantitative estimate of drug-likeness (QED) is 0.857. The number of benzene rings is 1. The number of nitrogens with two attached hydrogens (primary N) is 1. The van der Waals surface area contributed by atoms with E-state index in [1.165, 1.54) is 20.2 Å². The first-order valence-electron chi connectivity index (χ1n) is 5.25. The molecule has 0 aliphatic heterocycles. The van der Waals surface area contributed by atoms with Gasteiger partial charge in [0.2, 0.25) is 5.88 Å². The fourth-order valence-corrected chi connectivity index (χ4v) is 1.98. The van der Waals surface area contributed by atoms with Crippen LogP contribution in [0.15, 0.2) is 10.7 Å². The molecule has 2 aromatic rings. The highest BCUT2D eigenvalue weighted by Gasteiger charge is 2.23. The molecule has 0 aliphatic rings. The second-order valence-electron chi connectivity index (χ2n) is 3.92. The Balaban J connectivity index is 2.83. The Morgan fingerprint density at radius 3 is 2.56 bits per heavy atom. The molecule has 1 heterocycles. The number of ether oxygens (including phenoxy) is 1. The van der Waals surface area contributed by atoms with Gasteiger partial charge < -0.3 is 20.1 Å². The van der Waals surface area contributed by atoms with Crippen LogP contribution in [-0.2, 0) is 0 Å². The molecule has 1 aromatic heterocycles. The molecule has 0 amide bonds. The predicted molar refractivity (Wildman–Crippen MR) is 64.0 cm³/mol. The van der Waals surface area contributed by atoms with E-state index in [1.54, 1.807) is 6.92 Å². The van der Waals surface area contributed by atoms with E-state index in [1.807, 2.05) is 0 Å². The highest BCUT2D eigenvalue weighted by atomic mass is 19.1. The molecule has 18 heavy (non-hydrogen) atoms. The van der Waals surface area contributed by atoms with E-state index in [0.29, 0.717) is 5.56 Å². The van der Waals surface area contributed by atoms with E-state index < -0.39 is 5.82 Å². The maximum atomic E-state index is 14.1. The Kier molecular flexibility index (Phi) is 2.86. The third kappa shape index (κ3) is 1.57. The second-order valence-corrected chi connectivity index (χ2v) is 3.92. The summed E-state index contributed by atoms with van der Waals surface area (Å²) in [5.41, 5.74) is 6.66. The van der Waals surface area contributed by atoms with E-state index in [4.69, 9.17) is 15.0 Å². The van der Waals surface area contributed by atoms with Gasteiger partial charge in [0, 0.05) is 11.1 Å². The van der Waals surface area contributed by atoms with Crippen LogP contribution in [0.2, 0.25) is 0 Å². The molecule has 0 bridgehead atoms. The van der Waals surface area contributed by atoms with Gasteiger partial charge in [-0.1, -0.05) is 5.16 Å². The number of methoxy groups -OCH3 is 1. The van der Waals surface area contributed by atoms with Crippen LogP contribution in [0.1, 0.15) is 11.1 Å². The molecule has 0 saturated heterocycles. The van der Waals surface area contributed by atoms with Crippen LogP contribution in [0.3, 0.4) is 0 Å². The SMILES string of the molecule is COc1c(C)c(F)c(C)c(-c2cnoc2N)c1O. The number of aromatic nitrogens is 1. The van der Waals surface area contributed by atoms with E-state index >= 15 is 0 Å². The number of aromatic hydroxyl groups is 1. The van der Waals surface area contributed by atoms with Crippen molar-refractivity contribution in [3.8, 4) is 22.6 Å². The van der Waals surface area contributed by atoms with Gasteiger partial charge in [0.15, 0.2) is 11.5 Å². The molecule has 0 saturated carbocycles. The van der Waals surface area contributed by atoms with Gasteiger partial charge in [-0.05, 0) is 19.4 Å². The lowest BCUT2D eigenvalue weighted by atomic mass is 9.97. The normalized spacial score (nSPS) is 10.7. The summed E-state index contributed by atoms with van der Waals surface area (Å²) in [5.74, 6) is -0.545. The zero-order chi connectivity index (χ0) is 13.4. The molecule has 0 atom stereocenters. The minimum atomic E-state index is -0.458. The molecule has 3 N–H and O–H groups in total. The molecule has 6 heteroatoms.